The van der Waals surface area contributed by atoms with Crippen molar-refractivity contribution in [2.75, 3.05) is 36.5 Å². The van der Waals surface area contributed by atoms with E-state index in [0.717, 1.165) is 59.3 Å². The van der Waals surface area contributed by atoms with Crippen molar-refractivity contribution in [1.29, 1.82) is 0 Å². The van der Waals surface area contributed by atoms with Crippen molar-refractivity contribution in [3.8, 4) is 0 Å². The Kier molecular flexibility index (Phi) is 5.22. The van der Waals surface area contributed by atoms with Crippen LogP contribution >= 0.6 is 15.9 Å². The van der Waals surface area contributed by atoms with Crippen LogP contribution in [0.15, 0.2) is 40.9 Å². The van der Waals surface area contributed by atoms with E-state index in [4.69, 9.17) is 9.72 Å². The van der Waals surface area contributed by atoms with Crippen molar-refractivity contribution in [2.24, 2.45) is 0 Å². The molecule has 1 aliphatic heterocycles. The molecule has 1 atom stereocenters. The Morgan fingerprint density at radius 3 is 2.70 bits per heavy atom. The first kappa shape index (κ1) is 18.1. The summed E-state index contributed by atoms with van der Waals surface area (Å²) in [5.74, 6) is 2.43. The Morgan fingerprint density at radius 1 is 1.11 bits per heavy atom. The van der Waals surface area contributed by atoms with Gasteiger partial charge in [-0.05, 0) is 43.7 Å². The van der Waals surface area contributed by atoms with Crippen molar-refractivity contribution in [2.45, 2.75) is 19.9 Å². The molecule has 0 radical (unpaired) electrons. The Labute approximate surface area is 167 Å². The number of hydrogen-bond acceptors (Lipinski definition) is 6. The predicted octanol–water partition coefficient (Wildman–Crippen LogP) is 4.11. The zero-order valence-electron chi connectivity index (χ0n) is 15.4. The standard InChI is InChI=1S/C20H22BrN5O/c1-13(15-4-3-5-16(21)12-15)22-20-19-17(23-14(2)24-20)6-7-18(25-19)26-8-10-27-11-9-26/h3-7,12-13H,8-11H2,1-2H3,(H,22,23,24)/t13-/m1/s1. The number of nitrogens with one attached hydrogen (secondary N) is 1. The van der Waals surface area contributed by atoms with Crippen molar-refractivity contribution < 1.29 is 4.74 Å². The van der Waals surface area contributed by atoms with Crippen LogP contribution in [0.1, 0.15) is 24.4 Å². The normalized spacial score (nSPS) is 15.7. The van der Waals surface area contributed by atoms with Gasteiger partial charge in [-0.15, -0.1) is 0 Å². The molecule has 1 fully saturated rings. The van der Waals surface area contributed by atoms with Crippen LogP contribution in [-0.2, 0) is 4.74 Å². The minimum Gasteiger partial charge on any atom is -0.378 e. The largest absolute Gasteiger partial charge is 0.378 e. The second-order valence-electron chi connectivity index (χ2n) is 6.68. The molecule has 0 amide bonds. The van der Waals surface area contributed by atoms with E-state index < -0.39 is 0 Å². The average Bonchev–Trinajstić information content (AvgIpc) is 2.68. The van der Waals surface area contributed by atoms with Crippen molar-refractivity contribution in [3.63, 3.8) is 0 Å². The highest BCUT2D eigenvalue weighted by atomic mass is 79.9. The SMILES string of the molecule is Cc1nc(N[C@H](C)c2cccc(Br)c2)c2nc(N3CCOCC3)ccc2n1. The van der Waals surface area contributed by atoms with Crippen LogP contribution in [0.2, 0.25) is 0 Å². The van der Waals surface area contributed by atoms with Crippen LogP contribution in [0.5, 0.6) is 0 Å². The topological polar surface area (TPSA) is 63.2 Å². The molecule has 140 valence electrons. The van der Waals surface area contributed by atoms with E-state index in [0.29, 0.717) is 0 Å². The van der Waals surface area contributed by atoms with E-state index >= 15 is 0 Å². The highest BCUT2D eigenvalue weighted by Gasteiger charge is 2.16. The third kappa shape index (κ3) is 4.04. The van der Waals surface area contributed by atoms with Gasteiger partial charge in [-0.3, -0.25) is 0 Å². The molecule has 0 spiro atoms. The number of nitrogens with zero attached hydrogens (tertiary/aromatic N) is 4. The molecule has 27 heavy (non-hydrogen) atoms. The van der Waals surface area contributed by atoms with Gasteiger partial charge in [0.25, 0.3) is 0 Å². The zero-order valence-corrected chi connectivity index (χ0v) is 17.0. The quantitative estimate of drug-likeness (QED) is 0.675. The summed E-state index contributed by atoms with van der Waals surface area (Å²) in [6.07, 6.45) is 0. The van der Waals surface area contributed by atoms with E-state index in [1.165, 1.54) is 5.56 Å². The minimum absolute atomic E-state index is 0.0915. The average molecular weight is 428 g/mol. The highest BCUT2D eigenvalue weighted by molar-refractivity contribution is 9.10. The molecule has 3 aromatic rings. The van der Waals surface area contributed by atoms with Gasteiger partial charge in [0.1, 0.15) is 17.2 Å². The molecule has 6 nitrogen and oxygen atoms in total. The number of benzene rings is 1. The Balaban J connectivity index is 1.69. The van der Waals surface area contributed by atoms with Gasteiger partial charge in [0.05, 0.1) is 24.8 Å². The third-order valence-electron chi connectivity index (χ3n) is 4.68. The highest BCUT2D eigenvalue weighted by Crippen LogP contribution is 2.27. The molecular formula is C20H22BrN5O. The molecule has 2 aromatic heterocycles. The van der Waals surface area contributed by atoms with Gasteiger partial charge >= 0.3 is 0 Å². The maximum absolute atomic E-state index is 5.45. The monoisotopic (exact) mass is 427 g/mol. The second kappa shape index (κ2) is 7.78. The van der Waals surface area contributed by atoms with E-state index in [1.807, 2.05) is 31.2 Å². The summed E-state index contributed by atoms with van der Waals surface area (Å²) in [6, 6.07) is 12.4. The Morgan fingerprint density at radius 2 is 1.93 bits per heavy atom. The summed E-state index contributed by atoms with van der Waals surface area (Å²) in [5.41, 5.74) is 2.83. The molecular weight excluding hydrogens is 406 g/mol. The molecule has 1 saturated heterocycles. The number of rotatable bonds is 4. The molecule has 3 heterocycles. The van der Waals surface area contributed by atoms with Gasteiger partial charge in [-0.25, -0.2) is 15.0 Å². The lowest BCUT2D eigenvalue weighted by atomic mass is 10.1. The number of aromatic nitrogens is 3. The number of fused-ring (bicyclic) bond motifs is 1. The third-order valence-corrected chi connectivity index (χ3v) is 5.17. The number of ether oxygens (including phenoxy) is 1. The molecule has 1 aromatic carbocycles. The number of aryl methyl sites for hydroxylation is 1. The molecule has 1 N–H and O–H groups in total. The van der Waals surface area contributed by atoms with Crippen LogP contribution in [-0.4, -0.2) is 41.3 Å². The fourth-order valence-corrected chi connectivity index (χ4v) is 3.67. The summed E-state index contributed by atoms with van der Waals surface area (Å²) in [6.45, 7) is 7.19. The molecule has 0 bridgehead atoms. The molecule has 7 heteroatoms. The lowest BCUT2D eigenvalue weighted by Crippen LogP contribution is -2.36. The van der Waals surface area contributed by atoms with E-state index in [-0.39, 0.29) is 6.04 Å². The molecule has 4 rings (SSSR count). The first-order valence-electron chi connectivity index (χ1n) is 9.10. The summed E-state index contributed by atoms with van der Waals surface area (Å²) in [4.78, 5) is 16.3. The summed E-state index contributed by atoms with van der Waals surface area (Å²) < 4.78 is 6.51. The number of pyridine rings is 1. The Hall–Kier alpha value is -2.25. The van der Waals surface area contributed by atoms with E-state index in [9.17, 15) is 0 Å². The first-order chi connectivity index (χ1) is 13.1. The lowest BCUT2D eigenvalue weighted by Gasteiger charge is -2.28. The fraction of sp³-hybridized carbons (Fsp3) is 0.350. The molecule has 0 unspecified atom stereocenters. The lowest BCUT2D eigenvalue weighted by molar-refractivity contribution is 0.122. The summed E-state index contributed by atoms with van der Waals surface area (Å²) in [7, 11) is 0. The summed E-state index contributed by atoms with van der Waals surface area (Å²) in [5, 5.41) is 3.52. The van der Waals surface area contributed by atoms with Crippen molar-refractivity contribution in [1.82, 2.24) is 15.0 Å². The van der Waals surface area contributed by atoms with Gasteiger partial charge in [0.15, 0.2) is 5.82 Å². The van der Waals surface area contributed by atoms with Crippen molar-refractivity contribution >= 4 is 38.6 Å². The number of morpholine rings is 1. The maximum atomic E-state index is 5.45. The van der Waals surface area contributed by atoms with Crippen LogP contribution in [0.4, 0.5) is 11.6 Å². The predicted molar refractivity (Wildman–Crippen MR) is 111 cm³/mol. The van der Waals surface area contributed by atoms with Crippen LogP contribution < -0.4 is 10.2 Å². The van der Waals surface area contributed by atoms with Crippen molar-refractivity contribution in [3.05, 3.63) is 52.3 Å². The van der Waals surface area contributed by atoms with E-state index in [1.54, 1.807) is 0 Å². The minimum atomic E-state index is 0.0915. The van der Waals surface area contributed by atoms with Crippen LogP contribution in [0.3, 0.4) is 0 Å². The van der Waals surface area contributed by atoms with E-state index in [2.05, 4.69) is 55.2 Å². The van der Waals surface area contributed by atoms with Crippen LogP contribution in [0, 0.1) is 6.92 Å². The van der Waals surface area contributed by atoms with Crippen LogP contribution in [0.25, 0.3) is 11.0 Å². The smallest absolute Gasteiger partial charge is 0.156 e. The summed E-state index contributed by atoms with van der Waals surface area (Å²) >= 11 is 3.54. The fourth-order valence-electron chi connectivity index (χ4n) is 3.25. The Bertz CT molecular complexity index is 958. The van der Waals surface area contributed by atoms with Gasteiger partial charge in [-0.2, -0.15) is 0 Å². The number of hydrogen-bond donors (Lipinski definition) is 1. The maximum Gasteiger partial charge on any atom is 0.156 e. The molecule has 1 aliphatic rings. The number of anilines is 2. The second-order valence-corrected chi connectivity index (χ2v) is 7.59. The van der Waals surface area contributed by atoms with Gasteiger partial charge in [0.2, 0.25) is 0 Å². The van der Waals surface area contributed by atoms with Gasteiger partial charge < -0.3 is 15.0 Å². The van der Waals surface area contributed by atoms with Gasteiger partial charge in [-0.1, -0.05) is 28.1 Å². The number of halogens is 1. The first-order valence-corrected chi connectivity index (χ1v) is 9.89. The van der Waals surface area contributed by atoms with Gasteiger partial charge in [0, 0.05) is 17.6 Å². The molecule has 0 saturated carbocycles. The molecule has 0 aliphatic carbocycles. The zero-order chi connectivity index (χ0) is 18.8.